The number of hydrogen-bond acceptors (Lipinski definition) is 2. The van der Waals surface area contributed by atoms with Gasteiger partial charge in [-0.05, 0) is 43.5 Å². The lowest BCUT2D eigenvalue weighted by Crippen LogP contribution is -2.22. The molecule has 0 fully saturated rings. The lowest BCUT2D eigenvalue weighted by molar-refractivity contribution is 0.309. The van der Waals surface area contributed by atoms with Crippen molar-refractivity contribution in [2.24, 2.45) is 0 Å². The maximum atomic E-state index is 5.72. The summed E-state index contributed by atoms with van der Waals surface area (Å²) in [7, 11) is 0. The summed E-state index contributed by atoms with van der Waals surface area (Å²) in [6.45, 7) is 8.56. The Balaban J connectivity index is 2.56. The van der Waals surface area contributed by atoms with Crippen molar-refractivity contribution in [2.75, 3.05) is 13.2 Å². The van der Waals surface area contributed by atoms with Gasteiger partial charge in [0.1, 0.15) is 5.75 Å². The van der Waals surface area contributed by atoms with E-state index in [1.807, 2.05) is 0 Å². The number of benzene rings is 1. The van der Waals surface area contributed by atoms with Crippen LogP contribution >= 0.6 is 0 Å². The second-order valence-electron chi connectivity index (χ2n) is 5.42. The van der Waals surface area contributed by atoms with Gasteiger partial charge in [0.2, 0.25) is 0 Å². The van der Waals surface area contributed by atoms with Crippen LogP contribution in [-0.4, -0.2) is 13.2 Å². The number of unbranched alkanes of at least 4 members (excludes halogenated alkanes) is 2. The average Bonchev–Trinajstić information content (AvgIpc) is 2.49. The molecular formula is C18H31NO. The Morgan fingerprint density at radius 2 is 1.65 bits per heavy atom. The van der Waals surface area contributed by atoms with E-state index in [0.717, 1.165) is 25.3 Å². The van der Waals surface area contributed by atoms with E-state index in [1.54, 1.807) is 0 Å². The molecule has 0 amide bonds. The average molecular weight is 277 g/mol. The predicted molar refractivity (Wildman–Crippen MR) is 87.4 cm³/mol. The van der Waals surface area contributed by atoms with Crippen LogP contribution in [0.1, 0.15) is 70.9 Å². The maximum Gasteiger partial charge on any atom is 0.119 e. The van der Waals surface area contributed by atoms with Crippen LogP contribution in [0.2, 0.25) is 0 Å². The molecule has 0 saturated carbocycles. The first kappa shape index (κ1) is 17.0. The normalized spacial score (nSPS) is 12.3. The summed E-state index contributed by atoms with van der Waals surface area (Å²) in [4.78, 5) is 0. The lowest BCUT2D eigenvalue weighted by Gasteiger charge is -2.19. The second kappa shape index (κ2) is 10.7. The summed E-state index contributed by atoms with van der Waals surface area (Å²) in [5.74, 6) is 0.993. The zero-order valence-corrected chi connectivity index (χ0v) is 13.5. The third-order valence-corrected chi connectivity index (χ3v) is 3.54. The fourth-order valence-corrected chi connectivity index (χ4v) is 2.24. The van der Waals surface area contributed by atoms with Crippen molar-refractivity contribution in [3.8, 4) is 5.75 Å². The Bertz CT molecular complexity index is 326. The summed E-state index contributed by atoms with van der Waals surface area (Å²) in [6, 6.07) is 9.13. The zero-order chi connectivity index (χ0) is 14.6. The van der Waals surface area contributed by atoms with Gasteiger partial charge in [-0.1, -0.05) is 52.2 Å². The highest BCUT2D eigenvalue weighted by molar-refractivity contribution is 5.29. The molecule has 0 aromatic heterocycles. The van der Waals surface area contributed by atoms with Crippen LogP contribution in [0.4, 0.5) is 0 Å². The lowest BCUT2D eigenvalue weighted by atomic mass is 10.0. The molecule has 1 rings (SSSR count). The fourth-order valence-electron chi connectivity index (χ4n) is 2.24. The molecule has 1 N–H and O–H groups in total. The van der Waals surface area contributed by atoms with Crippen LogP contribution in [-0.2, 0) is 0 Å². The summed E-state index contributed by atoms with van der Waals surface area (Å²) in [5.41, 5.74) is 1.38. The van der Waals surface area contributed by atoms with E-state index >= 15 is 0 Å². The van der Waals surface area contributed by atoms with Crippen molar-refractivity contribution in [3.05, 3.63) is 29.8 Å². The standard InChI is InChI=1S/C18H31NO/c1-4-7-9-18(19-14-6-3)16-10-12-17(13-11-16)20-15-8-5-2/h10-13,18-19H,4-9,14-15H2,1-3H3. The first-order valence-electron chi connectivity index (χ1n) is 8.27. The third-order valence-electron chi connectivity index (χ3n) is 3.54. The van der Waals surface area contributed by atoms with Crippen molar-refractivity contribution in [1.82, 2.24) is 5.32 Å². The van der Waals surface area contributed by atoms with Crippen molar-refractivity contribution in [1.29, 1.82) is 0 Å². The minimum absolute atomic E-state index is 0.486. The van der Waals surface area contributed by atoms with Crippen molar-refractivity contribution >= 4 is 0 Å². The topological polar surface area (TPSA) is 21.3 Å². The number of ether oxygens (including phenoxy) is 1. The molecule has 0 saturated heterocycles. The van der Waals surface area contributed by atoms with Crippen LogP contribution < -0.4 is 10.1 Å². The smallest absolute Gasteiger partial charge is 0.119 e. The SMILES string of the molecule is CCCCOc1ccc(C(CCCC)NCCC)cc1. The van der Waals surface area contributed by atoms with E-state index in [9.17, 15) is 0 Å². The summed E-state index contributed by atoms with van der Waals surface area (Å²) < 4.78 is 5.72. The molecule has 2 nitrogen and oxygen atoms in total. The molecular weight excluding hydrogens is 246 g/mol. The van der Waals surface area contributed by atoms with E-state index in [2.05, 4.69) is 50.4 Å². The molecule has 0 aliphatic carbocycles. The molecule has 1 aromatic rings. The molecule has 114 valence electrons. The van der Waals surface area contributed by atoms with Gasteiger partial charge in [0, 0.05) is 6.04 Å². The van der Waals surface area contributed by atoms with Gasteiger partial charge in [0.15, 0.2) is 0 Å². The molecule has 0 spiro atoms. The number of nitrogens with one attached hydrogen (secondary N) is 1. The number of rotatable bonds is 11. The van der Waals surface area contributed by atoms with Crippen LogP contribution in [0.15, 0.2) is 24.3 Å². The molecule has 0 bridgehead atoms. The Morgan fingerprint density at radius 3 is 2.25 bits per heavy atom. The summed E-state index contributed by atoms with van der Waals surface area (Å²) in [5, 5.41) is 3.65. The van der Waals surface area contributed by atoms with Gasteiger partial charge in [-0.2, -0.15) is 0 Å². The molecule has 0 radical (unpaired) electrons. The molecule has 1 unspecified atom stereocenters. The minimum atomic E-state index is 0.486. The quantitative estimate of drug-likeness (QED) is 0.568. The third kappa shape index (κ3) is 6.42. The highest BCUT2D eigenvalue weighted by Crippen LogP contribution is 2.22. The highest BCUT2D eigenvalue weighted by atomic mass is 16.5. The molecule has 1 aromatic carbocycles. The first-order valence-corrected chi connectivity index (χ1v) is 8.27. The summed E-state index contributed by atoms with van der Waals surface area (Å²) >= 11 is 0. The molecule has 0 heterocycles. The predicted octanol–water partition coefficient (Wildman–Crippen LogP) is 5.10. The Morgan fingerprint density at radius 1 is 0.950 bits per heavy atom. The van der Waals surface area contributed by atoms with Crippen LogP contribution in [0, 0.1) is 0 Å². The van der Waals surface area contributed by atoms with Gasteiger partial charge in [0.25, 0.3) is 0 Å². The van der Waals surface area contributed by atoms with E-state index in [0.29, 0.717) is 6.04 Å². The highest BCUT2D eigenvalue weighted by Gasteiger charge is 2.09. The Kier molecular flexibility index (Phi) is 9.14. The van der Waals surface area contributed by atoms with Gasteiger partial charge in [-0.15, -0.1) is 0 Å². The van der Waals surface area contributed by atoms with Crippen molar-refractivity contribution in [2.45, 2.75) is 65.3 Å². The largest absolute Gasteiger partial charge is 0.494 e. The van der Waals surface area contributed by atoms with E-state index in [1.165, 1.54) is 37.7 Å². The molecule has 1 atom stereocenters. The van der Waals surface area contributed by atoms with Gasteiger partial charge in [0.05, 0.1) is 6.61 Å². The van der Waals surface area contributed by atoms with Gasteiger partial charge in [-0.3, -0.25) is 0 Å². The minimum Gasteiger partial charge on any atom is -0.494 e. The fraction of sp³-hybridized carbons (Fsp3) is 0.667. The second-order valence-corrected chi connectivity index (χ2v) is 5.42. The van der Waals surface area contributed by atoms with E-state index < -0.39 is 0 Å². The van der Waals surface area contributed by atoms with E-state index in [-0.39, 0.29) is 0 Å². The van der Waals surface area contributed by atoms with Crippen LogP contribution in [0.5, 0.6) is 5.75 Å². The zero-order valence-electron chi connectivity index (χ0n) is 13.5. The van der Waals surface area contributed by atoms with Gasteiger partial charge < -0.3 is 10.1 Å². The van der Waals surface area contributed by atoms with E-state index in [4.69, 9.17) is 4.74 Å². The molecule has 20 heavy (non-hydrogen) atoms. The van der Waals surface area contributed by atoms with Gasteiger partial charge in [-0.25, -0.2) is 0 Å². The Hall–Kier alpha value is -1.02. The van der Waals surface area contributed by atoms with Crippen molar-refractivity contribution in [3.63, 3.8) is 0 Å². The summed E-state index contributed by atoms with van der Waals surface area (Å²) in [6.07, 6.45) is 7.23. The monoisotopic (exact) mass is 277 g/mol. The Labute approximate surface area is 124 Å². The van der Waals surface area contributed by atoms with Crippen molar-refractivity contribution < 1.29 is 4.74 Å². The maximum absolute atomic E-state index is 5.72. The van der Waals surface area contributed by atoms with Gasteiger partial charge >= 0.3 is 0 Å². The molecule has 0 aliphatic heterocycles. The molecule has 2 heteroatoms. The first-order chi connectivity index (χ1) is 9.81. The number of hydrogen-bond donors (Lipinski definition) is 1. The van der Waals surface area contributed by atoms with Crippen LogP contribution in [0.25, 0.3) is 0 Å². The van der Waals surface area contributed by atoms with Crippen LogP contribution in [0.3, 0.4) is 0 Å². The molecule has 0 aliphatic rings.